The fraction of sp³-hybridized carbons (Fsp3) is 0.273. The fourth-order valence-corrected chi connectivity index (χ4v) is 3.20. The topological polar surface area (TPSA) is 112 Å². The van der Waals surface area contributed by atoms with Gasteiger partial charge in [-0.15, -0.1) is 0 Å². The Kier molecular flexibility index (Phi) is 6.18. The van der Waals surface area contributed by atoms with Gasteiger partial charge in [-0.25, -0.2) is 4.98 Å². The van der Waals surface area contributed by atoms with Crippen molar-refractivity contribution in [3.63, 3.8) is 0 Å². The molecule has 0 radical (unpaired) electrons. The molecule has 1 aromatic carbocycles. The number of H-pyrrole nitrogens is 1. The van der Waals surface area contributed by atoms with E-state index >= 15 is 0 Å². The highest BCUT2D eigenvalue weighted by atomic mass is 35.5. The lowest BCUT2D eigenvalue weighted by atomic mass is 10.1. The third-order valence-electron chi connectivity index (χ3n) is 4.87. The van der Waals surface area contributed by atoms with Gasteiger partial charge in [0, 0.05) is 40.5 Å². The van der Waals surface area contributed by atoms with Crippen LogP contribution in [0, 0.1) is 12.3 Å². The normalized spacial score (nSPS) is 13.7. The molecule has 0 unspecified atom stereocenters. The number of aromatic amines is 1. The van der Waals surface area contributed by atoms with Crippen molar-refractivity contribution in [1.29, 1.82) is 5.41 Å². The summed E-state index contributed by atoms with van der Waals surface area (Å²) in [5.41, 5.74) is 3.05. The van der Waals surface area contributed by atoms with Crippen molar-refractivity contribution in [3.8, 4) is 0 Å². The molecule has 0 spiro atoms. The van der Waals surface area contributed by atoms with E-state index in [-0.39, 0.29) is 0 Å². The van der Waals surface area contributed by atoms with Crippen LogP contribution in [0.4, 0.5) is 17.6 Å². The van der Waals surface area contributed by atoms with E-state index in [0.29, 0.717) is 40.7 Å². The van der Waals surface area contributed by atoms with Crippen molar-refractivity contribution >= 4 is 34.9 Å². The minimum absolute atomic E-state index is 0.327. The monoisotopic (exact) mass is 437 g/mol. The Bertz CT molecular complexity index is 1100. The van der Waals surface area contributed by atoms with Crippen molar-refractivity contribution in [1.82, 2.24) is 20.2 Å². The van der Waals surface area contributed by atoms with Crippen LogP contribution >= 0.6 is 11.6 Å². The summed E-state index contributed by atoms with van der Waals surface area (Å²) in [5.74, 6) is 3.04. The number of nitrogens with zero attached hydrogens (tertiary/aromatic N) is 3. The number of nitrogens with one attached hydrogen (secondary N) is 4. The lowest BCUT2D eigenvalue weighted by Gasteiger charge is -2.11. The molecule has 31 heavy (non-hydrogen) atoms. The molecule has 2 aromatic heterocycles. The smallest absolute Gasteiger partial charge is 0.225 e. The molecule has 4 rings (SSSR count). The van der Waals surface area contributed by atoms with Gasteiger partial charge in [0.05, 0.1) is 19.4 Å². The average Bonchev–Trinajstić information content (AvgIpc) is 3.50. The summed E-state index contributed by atoms with van der Waals surface area (Å²) < 4.78 is 5.42. The molecule has 0 bridgehead atoms. The summed E-state index contributed by atoms with van der Waals surface area (Å²) in [6, 6.07) is 11.0. The largest absolute Gasteiger partial charge is 0.499 e. The second-order valence-corrected chi connectivity index (χ2v) is 7.85. The molecule has 0 saturated heterocycles. The average molecular weight is 438 g/mol. The van der Waals surface area contributed by atoms with E-state index in [1.165, 1.54) is 12.8 Å². The lowest BCUT2D eigenvalue weighted by Crippen LogP contribution is -2.12. The number of halogens is 1. The van der Waals surface area contributed by atoms with Gasteiger partial charge in [-0.2, -0.15) is 10.1 Å². The first-order chi connectivity index (χ1) is 15.0. The Hall–Kier alpha value is -3.39. The summed E-state index contributed by atoms with van der Waals surface area (Å²) >= 11 is 5.92. The highest BCUT2D eigenvalue weighted by molar-refractivity contribution is 6.30. The zero-order valence-electron chi connectivity index (χ0n) is 17.4. The van der Waals surface area contributed by atoms with Crippen LogP contribution in [0.5, 0.6) is 0 Å². The first-order valence-electron chi connectivity index (χ1n) is 10.0. The lowest BCUT2D eigenvalue weighted by molar-refractivity contribution is 0.290. The number of hydrogen-bond acceptors (Lipinski definition) is 7. The minimum atomic E-state index is 0.327. The number of aryl methyl sites for hydroxylation is 1. The van der Waals surface area contributed by atoms with Crippen LogP contribution in [0.1, 0.15) is 35.7 Å². The van der Waals surface area contributed by atoms with Crippen LogP contribution in [0.25, 0.3) is 0 Å². The Morgan fingerprint density at radius 3 is 2.71 bits per heavy atom. The van der Waals surface area contributed by atoms with E-state index in [9.17, 15) is 0 Å². The van der Waals surface area contributed by atoms with Crippen molar-refractivity contribution < 1.29 is 4.74 Å². The van der Waals surface area contributed by atoms with Crippen LogP contribution in [0.3, 0.4) is 0 Å². The van der Waals surface area contributed by atoms with Gasteiger partial charge in [0.25, 0.3) is 0 Å². The van der Waals surface area contributed by atoms with E-state index in [0.717, 1.165) is 22.8 Å². The van der Waals surface area contributed by atoms with Gasteiger partial charge in [-0.1, -0.05) is 23.7 Å². The summed E-state index contributed by atoms with van der Waals surface area (Å²) in [7, 11) is 1.57. The van der Waals surface area contributed by atoms with Gasteiger partial charge in [-0.05, 0) is 37.5 Å². The Morgan fingerprint density at radius 1 is 1.23 bits per heavy atom. The quantitative estimate of drug-likeness (QED) is 0.283. The van der Waals surface area contributed by atoms with Gasteiger partial charge >= 0.3 is 0 Å². The zero-order valence-corrected chi connectivity index (χ0v) is 18.1. The Labute approximate surface area is 185 Å². The molecule has 4 N–H and O–H groups in total. The molecule has 1 saturated carbocycles. The third-order valence-corrected chi connectivity index (χ3v) is 5.12. The van der Waals surface area contributed by atoms with Crippen LogP contribution in [0.15, 0.2) is 48.2 Å². The summed E-state index contributed by atoms with van der Waals surface area (Å²) in [6.45, 7) is 2.24. The van der Waals surface area contributed by atoms with E-state index in [4.69, 9.17) is 21.7 Å². The molecule has 2 heterocycles. The zero-order chi connectivity index (χ0) is 21.8. The molecule has 9 heteroatoms. The van der Waals surface area contributed by atoms with E-state index in [2.05, 4.69) is 30.8 Å². The Morgan fingerprint density at radius 2 is 2.00 bits per heavy atom. The van der Waals surface area contributed by atoms with Gasteiger partial charge < -0.3 is 20.8 Å². The number of rotatable bonds is 9. The van der Waals surface area contributed by atoms with E-state index in [1.54, 1.807) is 37.5 Å². The number of hydrogen-bond donors (Lipinski definition) is 4. The predicted molar refractivity (Wildman–Crippen MR) is 122 cm³/mol. The maximum absolute atomic E-state index is 8.27. The number of allylic oxidation sites excluding steroid dienone is 1. The number of aromatic nitrogens is 4. The number of anilines is 3. The molecule has 0 atom stereocenters. The number of benzene rings is 1. The van der Waals surface area contributed by atoms with E-state index < -0.39 is 0 Å². The van der Waals surface area contributed by atoms with Gasteiger partial charge in [0.2, 0.25) is 5.95 Å². The molecule has 1 fully saturated rings. The van der Waals surface area contributed by atoms with Crippen molar-refractivity contribution in [2.45, 2.75) is 25.7 Å². The highest BCUT2D eigenvalue weighted by Gasteiger charge is 2.25. The molecule has 0 aliphatic heterocycles. The van der Waals surface area contributed by atoms with Gasteiger partial charge in [0.1, 0.15) is 11.6 Å². The van der Waals surface area contributed by atoms with Crippen LogP contribution < -0.4 is 10.6 Å². The van der Waals surface area contributed by atoms with Crippen molar-refractivity contribution in [3.05, 3.63) is 70.2 Å². The standard InChI is InChI=1S/C22H24ClN7O/c1-13-9-20(27-21-11-19(29-30-21)15-3-4-15)28-22(26-13)25-12-17(31-2)10-18(24)14-5-7-16(23)8-6-14/h5-11,15,24H,3-4,12H2,1-2H3,(H3,25,26,27,28,29,30)/b17-10-,24-18?. The van der Waals surface area contributed by atoms with E-state index in [1.807, 2.05) is 19.1 Å². The maximum Gasteiger partial charge on any atom is 0.225 e. The molecule has 3 aromatic rings. The maximum atomic E-state index is 8.27. The van der Waals surface area contributed by atoms with Crippen LogP contribution in [-0.4, -0.2) is 39.5 Å². The number of methoxy groups -OCH3 is 1. The Balaban J connectivity index is 1.41. The first-order valence-corrected chi connectivity index (χ1v) is 10.4. The second kappa shape index (κ2) is 9.18. The SMILES string of the molecule is CO/C(=C\C(=N)c1ccc(Cl)cc1)CNc1nc(C)cc(Nc2cc(C3CC3)[nH]n2)n1. The van der Waals surface area contributed by atoms with Gasteiger partial charge in [-0.3, -0.25) is 5.10 Å². The third kappa shape index (κ3) is 5.61. The number of ether oxygens (including phenoxy) is 1. The van der Waals surface area contributed by atoms with Crippen LogP contribution in [0.2, 0.25) is 5.02 Å². The molecule has 1 aliphatic rings. The fourth-order valence-electron chi connectivity index (χ4n) is 3.07. The van der Waals surface area contributed by atoms with Crippen molar-refractivity contribution in [2.24, 2.45) is 0 Å². The molecule has 0 amide bonds. The van der Waals surface area contributed by atoms with Crippen molar-refractivity contribution in [2.75, 3.05) is 24.3 Å². The molecule has 8 nitrogen and oxygen atoms in total. The first kappa shape index (κ1) is 20.9. The molecule has 1 aliphatic carbocycles. The van der Waals surface area contributed by atoms with Gasteiger partial charge in [0.15, 0.2) is 5.82 Å². The second-order valence-electron chi connectivity index (χ2n) is 7.41. The predicted octanol–water partition coefficient (Wildman–Crippen LogP) is 4.79. The molecule has 160 valence electrons. The minimum Gasteiger partial charge on any atom is -0.499 e. The molecular formula is C22H24ClN7O. The summed E-state index contributed by atoms with van der Waals surface area (Å²) in [6.07, 6.45) is 4.09. The summed E-state index contributed by atoms with van der Waals surface area (Å²) in [4.78, 5) is 8.94. The van der Waals surface area contributed by atoms with Crippen LogP contribution in [-0.2, 0) is 4.74 Å². The summed E-state index contributed by atoms with van der Waals surface area (Å²) in [5, 5.41) is 22.7. The highest BCUT2D eigenvalue weighted by Crippen LogP contribution is 2.39. The molecular weight excluding hydrogens is 414 g/mol.